The number of para-hydroxylation sites is 2. The summed E-state index contributed by atoms with van der Waals surface area (Å²) in [5, 5.41) is 0. The molecule has 0 spiro atoms. The summed E-state index contributed by atoms with van der Waals surface area (Å²) in [5.41, 5.74) is 8.05. The maximum absolute atomic E-state index is 5.78. The molecule has 2 rings (SSSR count). The Kier molecular flexibility index (Phi) is 2.96. The zero-order valence-electron chi connectivity index (χ0n) is 11.1. The molecule has 0 radical (unpaired) electrons. The number of aromatic nitrogens is 2. The summed E-state index contributed by atoms with van der Waals surface area (Å²) in [5.74, 6) is 1.36. The van der Waals surface area contributed by atoms with Gasteiger partial charge < -0.3 is 10.3 Å². The first-order valence-corrected chi connectivity index (χ1v) is 6.13. The van der Waals surface area contributed by atoms with Gasteiger partial charge in [0.05, 0.1) is 11.0 Å². The Morgan fingerprint density at radius 2 is 1.94 bits per heavy atom. The van der Waals surface area contributed by atoms with E-state index in [0.29, 0.717) is 6.54 Å². The standard InChI is InChI=1S/C14H21N3/c1-10(9-15)13-16-11-7-5-6-8-12(11)17(13)14(2,3)4/h5-8,10H,9,15H2,1-4H3. The third kappa shape index (κ3) is 2.07. The molecule has 2 N–H and O–H groups in total. The van der Waals surface area contributed by atoms with Gasteiger partial charge in [0.15, 0.2) is 0 Å². The van der Waals surface area contributed by atoms with Crippen molar-refractivity contribution in [1.82, 2.24) is 9.55 Å². The summed E-state index contributed by atoms with van der Waals surface area (Å²) in [6.07, 6.45) is 0. The third-order valence-electron chi connectivity index (χ3n) is 3.05. The molecule has 0 aliphatic heterocycles. The van der Waals surface area contributed by atoms with Crippen molar-refractivity contribution < 1.29 is 0 Å². The van der Waals surface area contributed by atoms with Gasteiger partial charge in [-0.3, -0.25) is 0 Å². The minimum Gasteiger partial charge on any atom is -0.330 e. The molecule has 1 heterocycles. The molecule has 17 heavy (non-hydrogen) atoms. The number of hydrogen-bond acceptors (Lipinski definition) is 2. The van der Waals surface area contributed by atoms with Crippen LogP contribution in [0.3, 0.4) is 0 Å². The van der Waals surface area contributed by atoms with Crippen LogP contribution in [0.25, 0.3) is 11.0 Å². The molecule has 0 aliphatic carbocycles. The fraction of sp³-hybridized carbons (Fsp3) is 0.500. The molecule has 0 fully saturated rings. The number of nitrogens with zero attached hydrogens (tertiary/aromatic N) is 2. The second-order valence-corrected chi connectivity index (χ2v) is 5.60. The lowest BCUT2D eigenvalue weighted by molar-refractivity contribution is 0.386. The van der Waals surface area contributed by atoms with Gasteiger partial charge in [-0.15, -0.1) is 0 Å². The lowest BCUT2D eigenvalue weighted by atomic mass is 10.1. The Labute approximate surface area is 103 Å². The Morgan fingerprint density at radius 1 is 1.29 bits per heavy atom. The van der Waals surface area contributed by atoms with Crippen molar-refractivity contribution in [3.8, 4) is 0 Å². The third-order valence-corrected chi connectivity index (χ3v) is 3.05. The molecule has 0 amide bonds. The molecular formula is C14H21N3. The van der Waals surface area contributed by atoms with Crippen LogP contribution in [0, 0.1) is 0 Å². The van der Waals surface area contributed by atoms with Gasteiger partial charge >= 0.3 is 0 Å². The van der Waals surface area contributed by atoms with Gasteiger partial charge in [0.25, 0.3) is 0 Å². The molecule has 0 aliphatic rings. The molecule has 1 aromatic carbocycles. The van der Waals surface area contributed by atoms with Crippen molar-refractivity contribution in [2.24, 2.45) is 5.73 Å². The van der Waals surface area contributed by atoms with Crippen LogP contribution in [-0.2, 0) is 5.54 Å². The molecule has 2 aromatic rings. The lowest BCUT2D eigenvalue weighted by Gasteiger charge is -2.26. The van der Waals surface area contributed by atoms with Gasteiger partial charge in [0.1, 0.15) is 5.82 Å². The van der Waals surface area contributed by atoms with Crippen molar-refractivity contribution >= 4 is 11.0 Å². The van der Waals surface area contributed by atoms with Crippen molar-refractivity contribution in [3.05, 3.63) is 30.1 Å². The van der Waals surface area contributed by atoms with E-state index in [1.54, 1.807) is 0 Å². The first-order chi connectivity index (χ1) is 7.95. The number of imidazole rings is 1. The average molecular weight is 231 g/mol. The Morgan fingerprint density at radius 3 is 2.53 bits per heavy atom. The highest BCUT2D eigenvalue weighted by atomic mass is 15.1. The number of nitrogens with two attached hydrogens (primary N) is 1. The van der Waals surface area contributed by atoms with E-state index in [-0.39, 0.29) is 11.5 Å². The zero-order valence-corrected chi connectivity index (χ0v) is 11.1. The summed E-state index contributed by atoms with van der Waals surface area (Å²) < 4.78 is 2.31. The minimum atomic E-state index is 0.0227. The van der Waals surface area contributed by atoms with E-state index in [4.69, 9.17) is 10.7 Å². The first kappa shape index (κ1) is 12.1. The van der Waals surface area contributed by atoms with Crippen LogP contribution < -0.4 is 5.73 Å². The van der Waals surface area contributed by atoms with Crippen LogP contribution in [-0.4, -0.2) is 16.1 Å². The van der Waals surface area contributed by atoms with Gasteiger partial charge in [-0.2, -0.15) is 0 Å². The highest BCUT2D eigenvalue weighted by Crippen LogP contribution is 2.28. The van der Waals surface area contributed by atoms with Crippen molar-refractivity contribution in [2.45, 2.75) is 39.2 Å². The maximum Gasteiger partial charge on any atom is 0.114 e. The maximum atomic E-state index is 5.78. The predicted molar refractivity (Wildman–Crippen MR) is 72.2 cm³/mol. The molecule has 0 bridgehead atoms. The lowest BCUT2D eigenvalue weighted by Crippen LogP contribution is -2.26. The highest BCUT2D eigenvalue weighted by Gasteiger charge is 2.23. The first-order valence-electron chi connectivity index (χ1n) is 6.13. The van der Waals surface area contributed by atoms with Crippen LogP contribution in [0.15, 0.2) is 24.3 Å². The number of benzene rings is 1. The Hall–Kier alpha value is -1.35. The number of rotatable bonds is 2. The summed E-state index contributed by atoms with van der Waals surface area (Å²) in [4.78, 5) is 4.73. The molecular weight excluding hydrogens is 210 g/mol. The average Bonchev–Trinajstić information content (AvgIpc) is 2.66. The minimum absolute atomic E-state index is 0.0227. The van der Waals surface area contributed by atoms with Gasteiger partial charge in [-0.1, -0.05) is 19.1 Å². The Balaban J connectivity index is 2.74. The molecule has 0 saturated heterocycles. The number of fused-ring (bicyclic) bond motifs is 1. The molecule has 92 valence electrons. The normalized spacial score (nSPS) is 14.2. The van der Waals surface area contributed by atoms with E-state index >= 15 is 0 Å². The predicted octanol–water partition coefficient (Wildman–Crippen LogP) is 2.85. The fourth-order valence-electron chi connectivity index (χ4n) is 2.19. The van der Waals surface area contributed by atoms with E-state index < -0.39 is 0 Å². The van der Waals surface area contributed by atoms with Gasteiger partial charge in [0, 0.05) is 18.0 Å². The smallest absolute Gasteiger partial charge is 0.114 e. The largest absolute Gasteiger partial charge is 0.330 e. The fourth-order valence-corrected chi connectivity index (χ4v) is 2.19. The van der Waals surface area contributed by atoms with E-state index in [9.17, 15) is 0 Å². The summed E-state index contributed by atoms with van der Waals surface area (Å²) in [6.45, 7) is 9.36. The summed E-state index contributed by atoms with van der Waals surface area (Å²) >= 11 is 0. The zero-order chi connectivity index (χ0) is 12.6. The highest BCUT2D eigenvalue weighted by molar-refractivity contribution is 5.76. The van der Waals surface area contributed by atoms with Crippen LogP contribution in [0.4, 0.5) is 0 Å². The monoisotopic (exact) mass is 231 g/mol. The second kappa shape index (κ2) is 4.15. The van der Waals surface area contributed by atoms with Crippen LogP contribution in [0.2, 0.25) is 0 Å². The van der Waals surface area contributed by atoms with Gasteiger partial charge in [-0.25, -0.2) is 4.98 Å². The quantitative estimate of drug-likeness (QED) is 0.863. The summed E-state index contributed by atoms with van der Waals surface area (Å²) in [6, 6.07) is 8.27. The van der Waals surface area contributed by atoms with E-state index in [0.717, 1.165) is 11.3 Å². The molecule has 1 aromatic heterocycles. The molecule has 1 atom stereocenters. The second-order valence-electron chi connectivity index (χ2n) is 5.60. The molecule has 0 saturated carbocycles. The topological polar surface area (TPSA) is 43.8 Å². The van der Waals surface area contributed by atoms with Crippen molar-refractivity contribution in [2.75, 3.05) is 6.54 Å². The molecule has 1 unspecified atom stereocenters. The van der Waals surface area contributed by atoms with Gasteiger partial charge in [-0.05, 0) is 32.9 Å². The van der Waals surface area contributed by atoms with Crippen LogP contribution >= 0.6 is 0 Å². The van der Waals surface area contributed by atoms with E-state index in [1.165, 1.54) is 5.52 Å². The number of hydrogen-bond donors (Lipinski definition) is 1. The van der Waals surface area contributed by atoms with Crippen LogP contribution in [0.5, 0.6) is 0 Å². The molecule has 3 heteroatoms. The van der Waals surface area contributed by atoms with Crippen molar-refractivity contribution in [1.29, 1.82) is 0 Å². The van der Waals surface area contributed by atoms with E-state index in [1.807, 2.05) is 6.07 Å². The van der Waals surface area contributed by atoms with E-state index in [2.05, 4.69) is 50.5 Å². The van der Waals surface area contributed by atoms with Crippen LogP contribution in [0.1, 0.15) is 39.4 Å². The summed E-state index contributed by atoms with van der Waals surface area (Å²) in [7, 11) is 0. The van der Waals surface area contributed by atoms with Crippen molar-refractivity contribution in [3.63, 3.8) is 0 Å². The van der Waals surface area contributed by atoms with Gasteiger partial charge in [0.2, 0.25) is 0 Å². The Bertz CT molecular complexity index is 520. The molecule has 3 nitrogen and oxygen atoms in total. The SMILES string of the molecule is CC(CN)c1nc2ccccc2n1C(C)(C)C.